The van der Waals surface area contributed by atoms with Gasteiger partial charge in [-0.15, -0.1) is 0 Å². The molecular formula is C17H12O5. The quantitative estimate of drug-likeness (QED) is 0.736. The fraction of sp³-hybridized carbons (Fsp3) is 0.176. The standard InChI is InChI=1S/C17H12O5/c1-2-11(18)10-7-12(19)13-14(17(10)22)16(21)9-6-4-3-5-8(9)15(13)20/h3-7,11,18H,2H2,1H3. The Bertz CT molecular complexity index is 1150. The molecule has 0 aliphatic heterocycles. The Balaban J connectivity index is 2.76. The molecule has 0 fully saturated rings. The highest BCUT2D eigenvalue weighted by atomic mass is 16.3. The molecule has 110 valence electrons. The lowest BCUT2D eigenvalue weighted by atomic mass is 9.99. The van der Waals surface area contributed by atoms with Crippen LogP contribution in [0.2, 0.25) is 0 Å². The van der Waals surface area contributed by atoms with Crippen molar-refractivity contribution < 1.29 is 5.11 Å². The summed E-state index contributed by atoms with van der Waals surface area (Å²) in [5.74, 6) is 0. The Hall–Kier alpha value is -2.66. The van der Waals surface area contributed by atoms with E-state index < -0.39 is 33.0 Å². The first-order valence-electron chi connectivity index (χ1n) is 6.88. The van der Waals surface area contributed by atoms with Crippen LogP contribution in [-0.4, -0.2) is 5.11 Å². The molecule has 1 aromatic carbocycles. The first-order valence-corrected chi connectivity index (χ1v) is 6.88. The largest absolute Gasteiger partial charge is 0.388 e. The lowest BCUT2D eigenvalue weighted by molar-refractivity contribution is 0.172. The molecule has 1 aromatic rings. The Kier molecular flexibility index (Phi) is 3.22. The number of fused-ring (bicyclic) bond motifs is 1. The highest BCUT2D eigenvalue weighted by Crippen LogP contribution is 2.10. The van der Waals surface area contributed by atoms with Gasteiger partial charge in [0.2, 0.25) is 0 Å². The number of hydrogen-bond donors (Lipinski definition) is 1. The summed E-state index contributed by atoms with van der Waals surface area (Å²) in [6, 6.07) is 7.05. The molecule has 0 aromatic heterocycles. The van der Waals surface area contributed by atoms with Crippen molar-refractivity contribution in [3.63, 3.8) is 0 Å². The second-order valence-electron chi connectivity index (χ2n) is 5.17. The van der Waals surface area contributed by atoms with Gasteiger partial charge in [0.05, 0.1) is 16.5 Å². The molecule has 0 spiro atoms. The average Bonchev–Trinajstić information content (AvgIpc) is 2.53. The third-order valence-corrected chi connectivity index (χ3v) is 3.89. The highest BCUT2D eigenvalue weighted by Gasteiger charge is 2.18. The number of hydrogen-bond acceptors (Lipinski definition) is 5. The van der Waals surface area contributed by atoms with Crippen LogP contribution in [0.5, 0.6) is 0 Å². The molecule has 2 aliphatic rings. The fourth-order valence-electron chi connectivity index (χ4n) is 2.72. The second kappa shape index (κ2) is 4.96. The van der Waals surface area contributed by atoms with E-state index in [1.807, 2.05) is 0 Å². The lowest BCUT2D eigenvalue weighted by Gasteiger charge is -2.06. The van der Waals surface area contributed by atoms with Gasteiger partial charge in [0.1, 0.15) is 0 Å². The van der Waals surface area contributed by atoms with Crippen LogP contribution >= 0.6 is 0 Å². The third kappa shape index (κ3) is 1.83. The molecule has 0 heterocycles. The molecule has 1 N–H and O–H groups in total. The van der Waals surface area contributed by atoms with Gasteiger partial charge in [-0.25, -0.2) is 0 Å². The van der Waals surface area contributed by atoms with E-state index in [-0.39, 0.29) is 28.0 Å². The van der Waals surface area contributed by atoms with E-state index in [0.717, 1.165) is 6.07 Å². The van der Waals surface area contributed by atoms with Crippen LogP contribution in [-0.2, 0) is 0 Å². The molecule has 0 bridgehead atoms. The first-order chi connectivity index (χ1) is 10.5. The summed E-state index contributed by atoms with van der Waals surface area (Å²) in [6.45, 7) is 1.65. The van der Waals surface area contributed by atoms with Crippen LogP contribution in [0, 0.1) is 10.4 Å². The van der Waals surface area contributed by atoms with Crippen molar-refractivity contribution in [2.75, 3.05) is 0 Å². The molecule has 1 unspecified atom stereocenters. The molecule has 2 aliphatic carbocycles. The SMILES string of the molecule is CCC(O)c1cc(=O)c2c(=O)c3ccccc3c(=O)c=2c1=O. The fourth-order valence-corrected chi connectivity index (χ4v) is 2.72. The van der Waals surface area contributed by atoms with Crippen molar-refractivity contribution in [2.24, 2.45) is 0 Å². The van der Waals surface area contributed by atoms with Crippen molar-refractivity contribution in [3.8, 4) is 0 Å². The third-order valence-electron chi connectivity index (χ3n) is 3.89. The van der Waals surface area contributed by atoms with Crippen molar-refractivity contribution >= 4 is 10.8 Å². The Morgan fingerprint density at radius 1 is 0.909 bits per heavy atom. The van der Waals surface area contributed by atoms with Gasteiger partial charge in [-0.3, -0.25) is 19.2 Å². The van der Waals surface area contributed by atoms with Crippen LogP contribution < -0.4 is 21.7 Å². The van der Waals surface area contributed by atoms with Gasteiger partial charge in [0, 0.05) is 16.3 Å². The van der Waals surface area contributed by atoms with Gasteiger partial charge < -0.3 is 5.11 Å². The summed E-state index contributed by atoms with van der Waals surface area (Å²) < 4.78 is 0. The summed E-state index contributed by atoms with van der Waals surface area (Å²) in [5, 5.41) is 9.28. The summed E-state index contributed by atoms with van der Waals surface area (Å²) in [4.78, 5) is 49.6. The summed E-state index contributed by atoms with van der Waals surface area (Å²) in [7, 11) is 0. The normalized spacial score (nSPS) is 12.8. The van der Waals surface area contributed by atoms with Gasteiger partial charge in [0.25, 0.3) is 0 Å². The van der Waals surface area contributed by atoms with Crippen molar-refractivity contribution in [2.45, 2.75) is 19.4 Å². The molecule has 5 heteroatoms. The topological polar surface area (TPSA) is 88.5 Å². The number of aliphatic hydroxyl groups excluding tert-OH is 1. The van der Waals surface area contributed by atoms with Gasteiger partial charge in [-0.2, -0.15) is 0 Å². The number of rotatable bonds is 2. The first kappa shape index (κ1) is 14.3. The zero-order chi connectivity index (χ0) is 16.0. The minimum absolute atomic E-state index is 0.111. The Morgan fingerprint density at radius 3 is 2.00 bits per heavy atom. The monoisotopic (exact) mass is 296 g/mol. The van der Waals surface area contributed by atoms with E-state index in [1.165, 1.54) is 12.1 Å². The molecule has 22 heavy (non-hydrogen) atoms. The Labute approximate surface area is 123 Å². The summed E-state index contributed by atoms with van der Waals surface area (Å²) in [6.07, 6.45) is -0.905. The van der Waals surface area contributed by atoms with Crippen molar-refractivity contribution in [3.05, 3.63) is 87.2 Å². The van der Waals surface area contributed by atoms with Gasteiger partial charge >= 0.3 is 0 Å². The van der Waals surface area contributed by atoms with E-state index >= 15 is 0 Å². The highest BCUT2D eigenvalue weighted by molar-refractivity contribution is 5.82. The molecule has 0 saturated carbocycles. The van der Waals surface area contributed by atoms with E-state index in [0.29, 0.717) is 0 Å². The number of aliphatic hydroxyl groups is 1. The summed E-state index contributed by atoms with van der Waals surface area (Å²) >= 11 is 0. The van der Waals surface area contributed by atoms with Crippen LogP contribution in [0.1, 0.15) is 25.0 Å². The van der Waals surface area contributed by atoms with Crippen LogP contribution in [0.25, 0.3) is 10.8 Å². The van der Waals surface area contributed by atoms with Crippen LogP contribution in [0.3, 0.4) is 0 Å². The van der Waals surface area contributed by atoms with E-state index in [2.05, 4.69) is 0 Å². The van der Waals surface area contributed by atoms with Gasteiger partial charge in [-0.1, -0.05) is 31.2 Å². The molecular weight excluding hydrogens is 284 g/mol. The predicted octanol–water partition coefficient (Wildman–Crippen LogP) is 0.324. The van der Waals surface area contributed by atoms with Gasteiger partial charge in [0.15, 0.2) is 21.7 Å². The average molecular weight is 296 g/mol. The van der Waals surface area contributed by atoms with E-state index in [4.69, 9.17) is 0 Å². The molecule has 1 atom stereocenters. The molecule has 5 nitrogen and oxygen atoms in total. The Morgan fingerprint density at radius 2 is 1.45 bits per heavy atom. The molecule has 3 rings (SSSR count). The maximum absolute atomic E-state index is 12.5. The molecule has 0 radical (unpaired) electrons. The second-order valence-corrected chi connectivity index (χ2v) is 5.17. The number of benzene rings is 1. The van der Waals surface area contributed by atoms with Crippen LogP contribution in [0.15, 0.2) is 49.5 Å². The maximum atomic E-state index is 12.5. The van der Waals surface area contributed by atoms with Crippen LogP contribution in [0.4, 0.5) is 0 Å². The van der Waals surface area contributed by atoms with E-state index in [9.17, 15) is 24.3 Å². The minimum Gasteiger partial charge on any atom is -0.388 e. The zero-order valence-corrected chi connectivity index (χ0v) is 11.8. The van der Waals surface area contributed by atoms with Crippen molar-refractivity contribution in [1.82, 2.24) is 0 Å². The zero-order valence-electron chi connectivity index (χ0n) is 11.8. The van der Waals surface area contributed by atoms with Crippen molar-refractivity contribution in [1.29, 1.82) is 0 Å². The van der Waals surface area contributed by atoms with E-state index in [1.54, 1.807) is 19.1 Å². The molecule has 0 amide bonds. The lowest BCUT2D eigenvalue weighted by Crippen LogP contribution is -2.31. The minimum atomic E-state index is -1.13. The predicted molar refractivity (Wildman–Crippen MR) is 82.0 cm³/mol. The molecule has 0 saturated heterocycles. The maximum Gasteiger partial charge on any atom is 0.198 e. The summed E-state index contributed by atoms with van der Waals surface area (Å²) in [5.41, 5.74) is -2.84. The smallest absolute Gasteiger partial charge is 0.198 e. The van der Waals surface area contributed by atoms with Gasteiger partial charge in [-0.05, 0) is 12.5 Å².